The molecule has 0 bridgehead atoms. The van der Waals surface area contributed by atoms with Crippen LogP contribution in [0.4, 0.5) is 5.82 Å². The lowest BCUT2D eigenvalue weighted by atomic mass is 10.0. The Kier molecular flexibility index (Phi) is 4.89. The van der Waals surface area contributed by atoms with Gasteiger partial charge in [0.25, 0.3) is 0 Å². The van der Waals surface area contributed by atoms with Crippen LogP contribution in [-0.4, -0.2) is 52.4 Å². The second-order valence-corrected chi connectivity index (χ2v) is 8.59. The Morgan fingerprint density at radius 3 is 2.62 bits per heavy atom. The SMILES string of the molecule is Cc1cc(N2CCCC(N(Cc3cc(C)on3)S(C)(=O)=O)C2=O)n(C)n1. The quantitative estimate of drug-likeness (QED) is 0.765. The van der Waals surface area contributed by atoms with Crippen LogP contribution in [0.3, 0.4) is 0 Å². The molecule has 0 spiro atoms. The van der Waals surface area contributed by atoms with Gasteiger partial charge in [-0.25, -0.2) is 8.42 Å². The number of sulfonamides is 1. The number of carbonyl (C=O) groups excluding carboxylic acids is 1. The van der Waals surface area contributed by atoms with Gasteiger partial charge in [0, 0.05) is 25.7 Å². The van der Waals surface area contributed by atoms with Crippen molar-refractivity contribution in [1.29, 1.82) is 0 Å². The van der Waals surface area contributed by atoms with Gasteiger partial charge >= 0.3 is 0 Å². The van der Waals surface area contributed by atoms with E-state index in [2.05, 4.69) is 10.3 Å². The number of aryl methyl sites for hydroxylation is 3. The number of anilines is 1. The molecule has 1 fully saturated rings. The van der Waals surface area contributed by atoms with Crippen molar-refractivity contribution in [2.24, 2.45) is 7.05 Å². The number of hydrogen-bond acceptors (Lipinski definition) is 6. The number of carbonyl (C=O) groups is 1. The molecule has 2 aromatic rings. The van der Waals surface area contributed by atoms with Gasteiger partial charge in [0.15, 0.2) is 0 Å². The molecule has 1 aliphatic heterocycles. The molecule has 3 heterocycles. The Balaban J connectivity index is 1.91. The predicted octanol–water partition coefficient (Wildman–Crippen LogP) is 0.982. The van der Waals surface area contributed by atoms with E-state index < -0.39 is 16.1 Å². The van der Waals surface area contributed by atoms with Gasteiger partial charge in [0.1, 0.15) is 17.6 Å². The smallest absolute Gasteiger partial charge is 0.246 e. The summed E-state index contributed by atoms with van der Waals surface area (Å²) in [6, 6.07) is 2.73. The summed E-state index contributed by atoms with van der Waals surface area (Å²) < 4.78 is 32.6. The maximum atomic E-state index is 13.1. The molecule has 1 unspecified atom stereocenters. The predicted molar refractivity (Wildman–Crippen MR) is 94.9 cm³/mol. The number of aromatic nitrogens is 3. The third kappa shape index (κ3) is 3.65. The zero-order chi connectivity index (χ0) is 19.1. The van der Waals surface area contributed by atoms with Crippen LogP contribution in [0.15, 0.2) is 16.7 Å². The molecule has 0 aromatic carbocycles. The highest BCUT2D eigenvalue weighted by Gasteiger charge is 2.39. The summed E-state index contributed by atoms with van der Waals surface area (Å²) in [5.74, 6) is 1.02. The number of rotatable bonds is 5. The van der Waals surface area contributed by atoms with Crippen molar-refractivity contribution in [2.75, 3.05) is 17.7 Å². The summed E-state index contributed by atoms with van der Waals surface area (Å²) in [5.41, 5.74) is 1.28. The molecule has 1 atom stereocenters. The van der Waals surface area contributed by atoms with E-state index in [-0.39, 0.29) is 12.5 Å². The number of hydrogen-bond donors (Lipinski definition) is 0. The minimum absolute atomic E-state index is 0.00480. The van der Waals surface area contributed by atoms with Crippen molar-refractivity contribution in [3.63, 3.8) is 0 Å². The molecule has 10 heteroatoms. The first-order valence-corrected chi connectivity index (χ1v) is 10.2. The maximum absolute atomic E-state index is 13.1. The lowest BCUT2D eigenvalue weighted by Gasteiger charge is -2.36. The molecule has 2 aromatic heterocycles. The van der Waals surface area contributed by atoms with Crippen LogP contribution in [0.25, 0.3) is 0 Å². The Morgan fingerprint density at radius 1 is 1.35 bits per heavy atom. The topological polar surface area (TPSA) is 102 Å². The average Bonchev–Trinajstić information content (AvgIpc) is 3.09. The van der Waals surface area contributed by atoms with Gasteiger partial charge < -0.3 is 4.52 Å². The van der Waals surface area contributed by atoms with Gasteiger partial charge in [-0.1, -0.05) is 5.16 Å². The first-order valence-electron chi connectivity index (χ1n) is 8.38. The zero-order valence-electron chi connectivity index (χ0n) is 15.3. The third-order valence-corrected chi connectivity index (χ3v) is 5.67. The third-order valence-electron chi connectivity index (χ3n) is 4.43. The van der Waals surface area contributed by atoms with Crippen LogP contribution in [0.1, 0.15) is 30.0 Å². The van der Waals surface area contributed by atoms with E-state index >= 15 is 0 Å². The highest BCUT2D eigenvalue weighted by Crippen LogP contribution is 2.26. The van der Waals surface area contributed by atoms with Crippen LogP contribution >= 0.6 is 0 Å². The highest BCUT2D eigenvalue weighted by atomic mass is 32.2. The summed E-state index contributed by atoms with van der Waals surface area (Å²) in [7, 11) is -1.85. The summed E-state index contributed by atoms with van der Waals surface area (Å²) in [6.45, 7) is 4.13. The summed E-state index contributed by atoms with van der Waals surface area (Å²) >= 11 is 0. The van der Waals surface area contributed by atoms with Crippen molar-refractivity contribution in [2.45, 2.75) is 39.3 Å². The lowest BCUT2D eigenvalue weighted by molar-refractivity contribution is -0.123. The molecule has 0 saturated carbocycles. The van der Waals surface area contributed by atoms with E-state index in [1.54, 1.807) is 29.6 Å². The fourth-order valence-electron chi connectivity index (χ4n) is 3.31. The monoisotopic (exact) mass is 381 g/mol. The van der Waals surface area contributed by atoms with Gasteiger partial charge in [-0.15, -0.1) is 0 Å². The van der Waals surface area contributed by atoms with Crippen molar-refractivity contribution in [1.82, 2.24) is 19.2 Å². The van der Waals surface area contributed by atoms with Crippen molar-refractivity contribution in [3.8, 4) is 0 Å². The van der Waals surface area contributed by atoms with E-state index in [1.807, 2.05) is 13.0 Å². The summed E-state index contributed by atoms with van der Waals surface area (Å²) in [4.78, 5) is 14.7. The van der Waals surface area contributed by atoms with Gasteiger partial charge in [0.05, 0.1) is 24.2 Å². The van der Waals surface area contributed by atoms with Crippen molar-refractivity contribution in [3.05, 3.63) is 29.3 Å². The molecule has 142 valence electrons. The highest BCUT2D eigenvalue weighted by molar-refractivity contribution is 7.88. The van der Waals surface area contributed by atoms with E-state index in [4.69, 9.17) is 4.52 Å². The molecule has 3 rings (SSSR count). The largest absolute Gasteiger partial charge is 0.361 e. The van der Waals surface area contributed by atoms with Crippen molar-refractivity contribution < 1.29 is 17.7 Å². The number of nitrogens with zero attached hydrogens (tertiary/aromatic N) is 5. The lowest BCUT2D eigenvalue weighted by Crippen LogP contribution is -2.54. The second kappa shape index (κ2) is 6.84. The van der Waals surface area contributed by atoms with Crippen LogP contribution in [0, 0.1) is 13.8 Å². The van der Waals surface area contributed by atoms with E-state index in [9.17, 15) is 13.2 Å². The van der Waals surface area contributed by atoms with Crippen LogP contribution < -0.4 is 4.90 Å². The van der Waals surface area contributed by atoms with Gasteiger partial charge in [-0.3, -0.25) is 14.4 Å². The van der Waals surface area contributed by atoms with Crippen LogP contribution in [0.5, 0.6) is 0 Å². The van der Waals surface area contributed by atoms with E-state index in [0.29, 0.717) is 36.7 Å². The Bertz CT molecular complexity index is 917. The molecule has 0 aliphatic carbocycles. The van der Waals surface area contributed by atoms with Crippen LogP contribution in [0.2, 0.25) is 0 Å². The molecule has 0 N–H and O–H groups in total. The molecule has 1 amide bonds. The minimum Gasteiger partial charge on any atom is -0.361 e. The zero-order valence-corrected chi connectivity index (χ0v) is 16.2. The molecule has 1 aliphatic rings. The van der Waals surface area contributed by atoms with Gasteiger partial charge in [0.2, 0.25) is 15.9 Å². The van der Waals surface area contributed by atoms with Crippen molar-refractivity contribution >= 4 is 21.7 Å². The normalized spacial score (nSPS) is 18.7. The second-order valence-electron chi connectivity index (χ2n) is 6.65. The molecular weight excluding hydrogens is 358 g/mol. The molecular formula is C16H23N5O4S. The molecule has 0 radical (unpaired) electrons. The Morgan fingerprint density at radius 2 is 2.08 bits per heavy atom. The molecule has 9 nitrogen and oxygen atoms in total. The number of piperidine rings is 1. The molecule has 26 heavy (non-hydrogen) atoms. The molecule has 1 saturated heterocycles. The number of amides is 1. The standard InChI is InChI=1S/C16H23N5O4S/c1-11-8-15(19(3)17-11)20-7-5-6-14(16(20)22)21(26(4,23)24)10-13-9-12(2)25-18-13/h8-9,14H,5-7,10H2,1-4H3. The van der Waals surface area contributed by atoms with Gasteiger partial charge in [-0.2, -0.15) is 9.40 Å². The summed E-state index contributed by atoms with van der Waals surface area (Å²) in [5, 5.41) is 8.14. The van der Waals surface area contributed by atoms with E-state index in [0.717, 1.165) is 11.9 Å². The average molecular weight is 381 g/mol. The first-order chi connectivity index (χ1) is 12.2. The van der Waals surface area contributed by atoms with E-state index in [1.165, 1.54) is 4.31 Å². The maximum Gasteiger partial charge on any atom is 0.246 e. The van der Waals surface area contributed by atoms with Gasteiger partial charge in [-0.05, 0) is 26.7 Å². The Hall–Kier alpha value is -2.20. The Labute approximate surface area is 152 Å². The first kappa shape index (κ1) is 18.6. The minimum atomic E-state index is -3.62. The summed E-state index contributed by atoms with van der Waals surface area (Å²) in [6.07, 6.45) is 2.28. The van der Waals surface area contributed by atoms with Crippen LogP contribution in [-0.2, 0) is 28.4 Å². The fraction of sp³-hybridized carbons (Fsp3) is 0.562. The fourth-order valence-corrected chi connectivity index (χ4v) is 4.34.